The van der Waals surface area contributed by atoms with Crippen LogP contribution in [0.3, 0.4) is 0 Å². The van der Waals surface area contributed by atoms with Gasteiger partial charge >= 0.3 is 18.1 Å². The summed E-state index contributed by atoms with van der Waals surface area (Å²) in [5.74, 6) is -0.390. The zero-order valence-corrected chi connectivity index (χ0v) is 19.3. The Hall–Kier alpha value is -3.62. The van der Waals surface area contributed by atoms with Gasteiger partial charge in [0.1, 0.15) is 5.60 Å². The van der Waals surface area contributed by atoms with Gasteiger partial charge in [0.15, 0.2) is 0 Å². The van der Waals surface area contributed by atoms with E-state index in [9.17, 15) is 14.4 Å². The Morgan fingerprint density at radius 1 is 1.03 bits per heavy atom. The molecule has 2 aromatic rings. The highest BCUT2D eigenvalue weighted by Crippen LogP contribution is 2.28. The number of methoxy groups -OCH3 is 1. The summed E-state index contributed by atoms with van der Waals surface area (Å²) >= 11 is 0. The van der Waals surface area contributed by atoms with Crippen LogP contribution in [-0.2, 0) is 9.47 Å². The zero-order valence-electron chi connectivity index (χ0n) is 19.3. The molecular formula is C24H28N4O5. The van der Waals surface area contributed by atoms with Crippen LogP contribution in [0.1, 0.15) is 31.1 Å². The van der Waals surface area contributed by atoms with Crippen molar-refractivity contribution in [2.45, 2.75) is 32.4 Å². The van der Waals surface area contributed by atoms with Crippen molar-refractivity contribution in [1.82, 2.24) is 14.8 Å². The van der Waals surface area contributed by atoms with Crippen molar-refractivity contribution in [3.05, 3.63) is 48.2 Å². The number of esters is 1. The first kappa shape index (κ1) is 22.6. The van der Waals surface area contributed by atoms with E-state index in [1.807, 2.05) is 32.9 Å². The molecule has 0 N–H and O–H groups in total. The van der Waals surface area contributed by atoms with Crippen molar-refractivity contribution in [1.29, 1.82) is 0 Å². The third-order valence-corrected chi connectivity index (χ3v) is 5.67. The summed E-state index contributed by atoms with van der Waals surface area (Å²) in [6.07, 6.45) is 1.32. The number of urea groups is 1. The number of hydrogen-bond acceptors (Lipinski definition) is 6. The van der Waals surface area contributed by atoms with Gasteiger partial charge in [-0.3, -0.25) is 9.88 Å². The number of benzene rings is 1. The number of nitrogens with zero attached hydrogens (tertiary/aromatic N) is 4. The van der Waals surface area contributed by atoms with E-state index in [-0.39, 0.29) is 24.1 Å². The van der Waals surface area contributed by atoms with Crippen LogP contribution >= 0.6 is 0 Å². The average Bonchev–Trinajstić information content (AvgIpc) is 3.13. The van der Waals surface area contributed by atoms with Gasteiger partial charge in [-0.25, -0.2) is 14.4 Å². The third kappa shape index (κ3) is 4.76. The molecule has 9 heteroatoms. The Kier molecular flexibility index (Phi) is 5.97. The minimum atomic E-state index is -0.557. The van der Waals surface area contributed by atoms with Gasteiger partial charge < -0.3 is 19.3 Å². The van der Waals surface area contributed by atoms with Crippen molar-refractivity contribution in [2.24, 2.45) is 0 Å². The molecule has 2 fully saturated rings. The monoisotopic (exact) mass is 452 g/mol. The van der Waals surface area contributed by atoms with Gasteiger partial charge in [0.25, 0.3) is 0 Å². The number of anilines is 1. The number of piperazine rings is 1. The molecule has 1 atom stereocenters. The second kappa shape index (κ2) is 8.73. The van der Waals surface area contributed by atoms with Crippen LogP contribution in [0, 0.1) is 0 Å². The molecule has 9 nitrogen and oxygen atoms in total. The van der Waals surface area contributed by atoms with Crippen LogP contribution in [-0.4, -0.2) is 77.8 Å². The summed E-state index contributed by atoms with van der Waals surface area (Å²) in [4.78, 5) is 46.7. The fraction of sp³-hybridized carbons (Fsp3) is 0.417. The van der Waals surface area contributed by atoms with Crippen LogP contribution in [0.2, 0.25) is 0 Å². The van der Waals surface area contributed by atoms with Gasteiger partial charge in [-0.05, 0) is 45.0 Å². The van der Waals surface area contributed by atoms with E-state index in [0.29, 0.717) is 37.4 Å². The second-order valence-electron chi connectivity index (χ2n) is 9.14. The summed E-state index contributed by atoms with van der Waals surface area (Å²) in [5.41, 5.74) is 2.20. The largest absolute Gasteiger partial charge is 0.465 e. The Balaban J connectivity index is 1.43. The normalized spacial score (nSPS) is 18.2. The molecule has 0 spiro atoms. The highest BCUT2D eigenvalue weighted by atomic mass is 16.6. The summed E-state index contributed by atoms with van der Waals surface area (Å²) in [5, 5.41) is 0. The maximum absolute atomic E-state index is 13.0. The van der Waals surface area contributed by atoms with E-state index in [4.69, 9.17) is 9.47 Å². The van der Waals surface area contributed by atoms with Crippen LogP contribution in [0.25, 0.3) is 11.3 Å². The first-order chi connectivity index (χ1) is 15.7. The average molecular weight is 453 g/mol. The van der Waals surface area contributed by atoms with Crippen LogP contribution in [0.4, 0.5) is 15.3 Å². The number of hydrogen-bond donors (Lipinski definition) is 0. The molecule has 2 aliphatic rings. The number of carbonyl (C=O) groups is 3. The van der Waals surface area contributed by atoms with Crippen LogP contribution < -0.4 is 4.90 Å². The number of pyridine rings is 1. The molecule has 0 saturated carbocycles. The first-order valence-corrected chi connectivity index (χ1v) is 10.9. The lowest BCUT2D eigenvalue weighted by molar-refractivity contribution is 0.0128. The van der Waals surface area contributed by atoms with Gasteiger partial charge in [-0.15, -0.1) is 0 Å². The highest BCUT2D eigenvalue weighted by molar-refractivity contribution is 5.95. The number of amides is 3. The molecule has 3 amide bonds. The fourth-order valence-corrected chi connectivity index (χ4v) is 4.03. The minimum Gasteiger partial charge on any atom is -0.465 e. The summed E-state index contributed by atoms with van der Waals surface area (Å²) in [7, 11) is 1.35. The summed E-state index contributed by atoms with van der Waals surface area (Å²) in [6, 6.07) is 10.5. The predicted octanol–water partition coefficient (Wildman–Crippen LogP) is 3.40. The first-order valence-electron chi connectivity index (χ1n) is 10.9. The Bertz CT molecular complexity index is 1050. The van der Waals surface area contributed by atoms with Crippen LogP contribution in [0.5, 0.6) is 0 Å². The molecule has 0 aliphatic carbocycles. The zero-order chi connectivity index (χ0) is 23.8. The molecule has 174 valence electrons. The van der Waals surface area contributed by atoms with E-state index in [0.717, 1.165) is 11.3 Å². The molecule has 0 radical (unpaired) electrons. The molecule has 33 heavy (non-hydrogen) atoms. The van der Waals surface area contributed by atoms with Gasteiger partial charge in [0.05, 0.1) is 36.3 Å². The van der Waals surface area contributed by atoms with E-state index in [1.165, 1.54) is 7.11 Å². The van der Waals surface area contributed by atoms with Crippen LogP contribution in [0.15, 0.2) is 42.6 Å². The number of fused-ring (bicyclic) bond motifs is 1. The maximum Gasteiger partial charge on any atom is 0.410 e. The summed E-state index contributed by atoms with van der Waals surface area (Å²) < 4.78 is 10.2. The fourth-order valence-electron chi connectivity index (χ4n) is 4.03. The maximum atomic E-state index is 13.0. The van der Waals surface area contributed by atoms with Crippen molar-refractivity contribution in [3.8, 4) is 11.3 Å². The lowest BCUT2D eigenvalue weighted by Gasteiger charge is -2.36. The van der Waals surface area contributed by atoms with E-state index >= 15 is 0 Å². The van der Waals surface area contributed by atoms with Gasteiger partial charge in [-0.1, -0.05) is 12.1 Å². The second-order valence-corrected chi connectivity index (χ2v) is 9.14. The molecule has 0 bridgehead atoms. The molecule has 1 aromatic carbocycles. The van der Waals surface area contributed by atoms with Gasteiger partial charge in [-0.2, -0.15) is 0 Å². The Morgan fingerprint density at radius 2 is 1.76 bits per heavy atom. The molecular weight excluding hydrogens is 424 g/mol. The van der Waals surface area contributed by atoms with E-state index in [2.05, 4.69) is 4.98 Å². The number of rotatable bonds is 3. The SMILES string of the molecule is COC(=O)c1ccc(-c2ccc(N3C[C@@H]4CN(C(=O)OC(C)(C)C)CCN4C3=O)cn2)cc1. The molecule has 1 aromatic heterocycles. The Morgan fingerprint density at radius 3 is 2.36 bits per heavy atom. The Labute approximate surface area is 192 Å². The van der Waals surface area contributed by atoms with E-state index < -0.39 is 5.60 Å². The number of ether oxygens (including phenoxy) is 2. The third-order valence-electron chi connectivity index (χ3n) is 5.67. The van der Waals surface area contributed by atoms with Crippen molar-refractivity contribution >= 4 is 23.8 Å². The van der Waals surface area contributed by atoms with Crippen molar-refractivity contribution in [3.63, 3.8) is 0 Å². The lowest BCUT2D eigenvalue weighted by atomic mass is 10.1. The van der Waals surface area contributed by atoms with Gasteiger partial charge in [0, 0.05) is 31.7 Å². The number of carbonyl (C=O) groups excluding carboxylic acids is 3. The molecule has 2 saturated heterocycles. The van der Waals surface area contributed by atoms with Gasteiger partial charge in [0.2, 0.25) is 0 Å². The molecule has 2 aliphatic heterocycles. The smallest absolute Gasteiger partial charge is 0.410 e. The molecule has 0 unspecified atom stereocenters. The lowest BCUT2D eigenvalue weighted by Crippen LogP contribution is -2.54. The summed E-state index contributed by atoms with van der Waals surface area (Å²) in [6.45, 7) is 7.35. The quantitative estimate of drug-likeness (QED) is 0.663. The molecule has 4 rings (SSSR count). The highest BCUT2D eigenvalue weighted by Gasteiger charge is 2.43. The van der Waals surface area contributed by atoms with Crippen molar-refractivity contribution < 1.29 is 23.9 Å². The standard InChI is InChI=1S/C24H28N4O5/c1-24(2,3)33-23(31)26-11-12-27-19(14-26)15-28(22(27)30)18-9-10-20(25-13-18)16-5-7-17(8-6-16)21(29)32-4/h5-10,13,19H,11-12,14-15H2,1-4H3/t19-/m0/s1. The van der Waals surface area contributed by atoms with E-state index in [1.54, 1.807) is 45.2 Å². The number of aromatic nitrogens is 1. The van der Waals surface area contributed by atoms with Crippen molar-refractivity contribution in [2.75, 3.05) is 38.2 Å². The topological polar surface area (TPSA) is 92.3 Å². The molecule has 3 heterocycles. The minimum absolute atomic E-state index is 0.0826. The predicted molar refractivity (Wildman–Crippen MR) is 122 cm³/mol.